The molecule has 30 heavy (non-hydrogen) atoms. The Kier molecular flexibility index (Phi) is 5.31. The van der Waals surface area contributed by atoms with Crippen molar-refractivity contribution < 1.29 is 19.4 Å². The number of fused-ring (bicyclic) bond motifs is 3. The van der Waals surface area contributed by atoms with Gasteiger partial charge in [-0.2, -0.15) is 0 Å². The molecular weight excluding hydrogens is 424 g/mol. The number of pyridine rings is 1. The van der Waals surface area contributed by atoms with E-state index < -0.39 is 11.5 Å². The normalized spacial score (nSPS) is 12.8. The van der Waals surface area contributed by atoms with Crippen LogP contribution in [0.5, 0.6) is 10.8 Å². The number of nitrogens with zero attached hydrogens (tertiary/aromatic N) is 2. The van der Waals surface area contributed by atoms with Gasteiger partial charge in [0.2, 0.25) is 0 Å². The highest BCUT2D eigenvalue weighted by molar-refractivity contribution is 7.17. The molecule has 0 unspecified atom stereocenters. The fourth-order valence-corrected chi connectivity index (χ4v) is 5.16. The van der Waals surface area contributed by atoms with Gasteiger partial charge in [0, 0.05) is 12.7 Å². The Labute approximate surface area is 180 Å². The molecule has 156 valence electrons. The minimum Gasteiger partial charge on any atom is -0.444 e. The molecule has 1 aliphatic carbocycles. The molecule has 0 aromatic carbocycles. The molecule has 0 radical (unpaired) electrons. The molecule has 0 spiro atoms. The number of hydrogen-bond donors (Lipinski definition) is 3. The lowest BCUT2D eigenvalue weighted by molar-refractivity contribution is 0.0692. The van der Waals surface area contributed by atoms with Crippen molar-refractivity contribution in [1.29, 1.82) is 0 Å². The van der Waals surface area contributed by atoms with Crippen LogP contribution in [0.2, 0.25) is 0 Å². The Hall–Kier alpha value is -2.82. The molecule has 0 saturated heterocycles. The van der Waals surface area contributed by atoms with Gasteiger partial charge in [-0.3, -0.25) is 9.59 Å². The predicted octanol–water partition coefficient (Wildman–Crippen LogP) is 2.76. The van der Waals surface area contributed by atoms with Gasteiger partial charge >= 0.3 is 0 Å². The van der Waals surface area contributed by atoms with E-state index in [-0.39, 0.29) is 18.1 Å². The first-order valence-electron chi connectivity index (χ1n) is 9.27. The molecule has 1 aliphatic rings. The first-order valence-corrected chi connectivity index (χ1v) is 10.9. The Morgan fingerprint density at radius 1 is 1.30 bits per heavy atom. The summed E-state index contributed by atoms with van der Waals surface area (Å²) in [5.41, 5.74) is 7.67. The summed E-state index contributed by atoms with van der Waals surface area (Å²) in [6.07, 6.45) is 4.81. The van der Waals surface area contributed by atoms with Gasteiger partial charge in [-0.1, -0.05) is 11.3 Å². The Balaban J connectivity index is 1.58. The molecule has 0 saturated carbocycles. The van der Waals surface area contributed by atoms with E-state index in [0.29, 0.717) is 22.1 Å². The van der Waals surface area contributed by atoms with Gasteiger partial charge in [-0.05, 0) is 61.5 Å². The lowest BCUT2D eigenvalue weighted by Gasteiger charge is -2.17. The van der Waals surface area contributed by atoms with E-state index in [1.165, 1.54) is 29.1 Å². The molecular formula is C20H20N4O4S2. The number of carbonyl (C=O) groups is 2. The monoisotopic (exact) mass is 444 g/mol. The zero-order valence-corrected chi connectivity index (χ0v) is 18.0. The lowest BCUT2D eigenvalue weighted by atomic mass is 9.93. The van der Waals surface area contributed by atoms with Crippen molar-refractivity contribution >= 4 is 34.7 Å². The maximum Gasteiger partial charge on any atom is 0.269 e. The molecule has 0 bridgehead atoms. The minimum absolute atomic E-state index is 0.111. The van der Waals surface area contributed by atoms with Crippen LogP contribution in [0.4, 0.5) is 0 Å². The van der Waals surface area contributed by atoms with E-state index in [0.717, 1.165) is 28.0 Å². The van der Waals surface area contributed by atoms with Crippen LogP contribution in [0, 0.1) is 0 Å². The van der Waals surface area contributed by atoms with E-state index >= 15 is 0 Å². The number of aliphatic hydroxyl groups is 1. The average molecular weight is 445 g/mol. The van der Waals surface area contributed by atoms with Crippen molar-refractivity contribution in [3.8, 4) is 21.3 Å². The molecule has 3 aromatic heterocycles. The Bertz CT molecular complexity index is 1110. The fourth-order valence-electron chi connectivity index (χ4n) is 3.15. The maximum atomic E-state index is 12.2. The van der Waals surface area contributed by atoms with E-state index in [2.05, 4.69) is 14.7 Å². The average Bonchev–Trinajstić information content (AvgIpc) is 3.30. The van der Waals surface area contributed by atoms with Crippen molar-refractivity contribution in [2.45, 2.75) is 32.3 Å². The number of aromatic nitrogens is 2. The topological polar surface area (TPSA) is 127 Å². The summed E-state index contributed by atoms with van der Waals surface area (Å²) in [6.45, 7) is 3.32. The van der Waals surface area contributed by atoms with E-state index in [9.17, 15) is 14.7 Å². The third-order valence-electron chi connectivity index (χ3n) is 4.58. The third kappa shape index (κ3) is 4.07. The highest BCUT2D eigenvalue weighted by atomic mass is 32.1. The largest absolute Gasteiger partial charge is 0.444 e. The van der Waals surface area contributed by atoms with Crippen LogP contribution in [0.3, 0.4) is 0 Å². The molecule has 4 rings (SSSR count). The van der Waals surface area contributed by atoms with Crippen molar-refractivity contribution in [3.63, 3.8) is 0 Å². The van der Waals surface area contributed by atoms with Crippen LogP contribution < -0.4 is 15.8 Å². The second-order valence-electron chi connectivity index (χ2n) is 7.59. The number of thiophene rings is 1. The number of rotatable bonds is 6. The smallest absolute Gasteiger partial charge is 0.269 e. The van der Waals surface area contributed by atoms with Crippen molar-refractivity contribution in [2.24, 2.45) is 5.73 Å². The number of primary amides is 1. The maximum absolute atomic E-state index is 12.2. The summed E-state index contributed by atoms with van der Waals surface area (Å²) >= 11 is 2.58. The molecule has 10 heteroatoms. The van der Waals surface area contributed by atoms with Crippen LogP contribution in [0.25, 0.3) is 10.4 Å². The number of carbonyl (C=O) groups excluding carboxylic acids is 2. The number of ether oxygens (including phenoxy) is 1. The summed E-state index contributed by atoms with van der Waals surface area (Å²) in [5, 5.41) is 12.9. The van der Waals surface area contributed by atoms with Gasteiger partial charge in [-0.15, -0.1) is 0 Å². The zero-order chi connectivity index (χ0) is 21.5. The molecule has 8 nitrogen and oxygen atoms in total. The molecule has 3 aromatic rings. The van der Waals surface area contributed by atoms with Crippen LogP contribution in [0.1, 0.15) is 45.1 Å². The molecule has 3 heterocycles. The summed E-state index contributed by atoms with van der Waals surface area (Å²) in [4.78, 5) is 29.7. The number of amides is 2. The Morgan fingerprint density at radius 2 is 2.10 bits per heavy atom. The molecule has 2 amide bonds. The van der Waals surface area contributed by atoms with Gasteiger partial charge in [-0.25, -0.2) is 9.36 Å². The quantitative estimate of drug-likeness (QED) is 0.536. The van der Waals surface area contributed by atoms with Crippen LogP contribution in [-0.2, 0) is 12.8 Å². The number of nitrogens with two attached hydrogens (primary N) is 1. The second-order valence-corrected chi connectivity index (χ2v) is 9.38. The summed E-state index contributed by atoms with van der Waals surface area (Å²) in [7, 11) is 0. The van der Waals surface area contributed by atoms with Crippen molar-refractivity contribution in [2.75, 3.05) is 6.54 Å². The molecule has 0 aliphatic heterocycles. The lowest BCUT2D eigenvalue weighted by Crippen LogP contribution is -2.38. The highest BCUT2D eigenvalue weighted by Gasteiger charge is 2.30. The van der Waals surface area contributed by atoms with Gasteiger partial charge < -0.3 is 20.9 Å². The zero-order valence-electron chi connectivity index (χ0n) is 16.4. The predicted molar refractivity (Wildman–Crippen MR) is 114 cm³/mol. The fraction of sp³-hybridized carbons (Fsp3) is 0.300. The van der Waals surface area contributed by atoms with Crippen LogP contribution >= 0.6 is 22.9 Å². The van der Waals surface area contributed by atoms with E-state index in [1.54, 1.807) is 26.0 Å². The van der Waals surface area contributed by atoms with Gasteiger partial charge in [0.15, 0.2) is 5.06 Å². The summed E-state index contributed by atoms with van der Waals surface area (Å²) in [6, 6.07) is 3.18. The van der Waals surface area contributed by atoms with Crippen molar-refractivity contribution in [3.05, 3.63) is 46.2 Å². The van der Waals surface area contributed by atoms with Crippen molar-refractivity contribution in [1.82, 2.24) is 14.7 Å². The van der Waals surface area contributed by atoms with Gasteiger partial charge in [0.05, 0.1) is 27.1 Å². The first kappa shape index (κ1) is 20.5. The standard InChI is InChI=1S/C20H20N4O4S2/c1-20(2,27)9-23-18(26)13-6-4-11(8-22-13)28-19-14-12(16(29-19)17(21)25)5-3-10-7-24-30-15(10)14/h4,6-8,27H,3,5,9H2,1-2H3,(H2,21,25)(H,23,26). The van der Waals surface area contributed by atoms with E-state index in [4.69, 9.17) is 10.5 Å². The molecule has 0 fully saturated rings. The summed E-state index contributed by atoms with van der Waals surface area (Å²) < 4.78 is 10.3. The van der Waals surface area contributed by atoms with Crippen LogP contribution in [0.15, 0.2) is 24.5 Å². The number of hydrogen-bond acceptors (Lipinski definition) is 8. The van der Waals surface area contributed by atoms with Gasteiger partial charge in [0.25, 0.3) is 11.8 Å². The van der Waals surface area contributed by atoms with E-state index in [1.807, 2.05) is 6.20 Å². The number of aryl methyl sites for hydroxylation is 1. The summed E-state index contributed by atoms with van der Waals surface area (Å²) in [5.74, 6) is -0.427. The second kappa shape index (κ2) is 7.78. The Morgan fingerprint density at radius 3 is 2.77 bits per heavy atom. The van der Waals surface area contributed by atoms with Crippen LogP contribution in [-0.4, -0.2) is 38.4 Å². The van der Waals surface area contributed by atoms with Gasteiger partial charge in [0.1, 0.15) is 11.4 Å². The molecule has 0 atom stereocenters. The minimum atomic E-state index is -1.01. The SMILES string of the molecule is CC(C)(O)CNC(=O)c1ccc(Oc2sc(C(N)=O)c3c2-c2sncc2CC3)cn1. The first-order chi connectivity index (χ1) is 14.2. The third-order valence-corrected chi connectivity index (χ3v) is 6.56. The highest BCUT2D eigenvalue weighted by Crippen LogP contribution is 2.49. The number of nitrogens with one attached hydrogen (secondary N) is 1. The molecule has 4 N–H and O–H groups in total.